The number of piperidine rings is 1. The lowest BCUT2D eigenvalue weighted by molar-refractivity contribution is -0.0328. The van der Waals surface area contributed by atoms with E-state index in [1.807, 2.05) is 0 Å². The zero-order valence-corrected chi connectivity index (χ0v) is 12.9. The van der Waals surface area contributed by atoms with Crippen LogP contribution < -0.4 is 5.32 Å². The number of rotatable bonds is 5. The molecule has 0 bridgehead atoms. The van der Waals surface area contributed by atoms with Gasteiger partial charge in [0.1, 0.15) is 0 Å². The fourth-order valence-corrected chi connectivity index (χ4v) is 3.21. The molecule has 0 amide bonds. The molecular weight excluding hydrogens is 297 g/mol. The lowest BCUT2D eigenvalue weighted by Gasteiger charge is -2.34. The number of likely N-dealkylation sites (N-methyl/N-ethyl adjacent to an activating group) is 1. The van der Waals surface area contributed by atoms with E-state index in [4.69, 9.17) is 0 Å². The molecule has 1 aromatic carbocycles. The van der Waals surface area contributed by atoms with E-state index in [9.17, 15) is 13.2 Å². The molecule has 1 atom stereocenters. The lowest BCUT2D eigenvalue weighted by atomic mass is 10.0. The zero-order valence-electron chi connectivity index (χ0n) is 12.1. The first-order valence-corrected chi connectivity index (χ1v) is 8.09. The summed E-state index contributed by atoms with van der Waals surface area (Å²) in [7, 11) is 0. The molecule has 1 saturated heterocycles. The Hall–Kier alpha value is -0.720. The maximum atomic E-state index is 12.3. The summed E-state index contributed by atoms with van der Waals surface area (Å²) in [6, 6.07) is 7.23. The summed E-state index contributed by atoms with van der Waals surface area (Å²) >= 11 is -0.0615. The van der Waals surface area contributed by atoms with E-state index in [2.05, 4.69) is 17.1 Å². The Bertz CT molecular complexity index is 428. The van der Waals surface area contributed by atoms with E-state index in [1.165, 1.54) is 12.8 Å². The second-order valence-electron chi connectivity index (χ2n) is 5.26. The van der Waals surface area contributed by atoms with E-state index in [1.54, 1.807) is 24.3 Å². The number of benzene rings is 1. The molecule has 1 unspecified atom stereocenters. The van der Waals surface area contributed by atoms with Crippen LogP contribution in [-0.4, -0.2) is 36.1 Å². The molecule has 0 aromatic heterocycles. The summed E-state index contributed by atoms with van der Waals surface area (Å²) in [5.74, 6) is 0. The fraction of sp³-hybridized carbons (Fsp3) is 0.600. The zero-order chi connectivity index (χ0) is 15.3. The van der Waals surface area contributed by atoms with Crippen molar-refractivity contribution in [2.24, 2.45) is 0 Å². The van der Waals surface area contributed by atoms with Gasteiger partial charge in [-0.2, -0.15) is 13.2 Å². The quantitative estimate of drug-likeness (QED) is 0.830. The predicted octanol–water partition coefficient (Wildman–Crippen LogP) is 3.87. The van der Waals surface area contributed by atoms with E-state index >= 15 is 0 Å². The van der Waals surface area contributed by atoms with E-state index in [0.717, 1.165) is 31.7 Å². The lowest BCUT2D eigenvalue weighted by Crippen LogP contribution is -2.45. The van der Waals surface area contributed by atoms with Crippen molar-refractivity contribution in [1.82, 2.24) is 10.2 Å². The molecule has 1 aliphatic rings. The Kier molecular flexibility index (Phi) is 5.96. The summed E-state index contributed by atoms with van der Waals surface area (Å²) in [6.45, 7) is 5.95. The third-order valence-electron chi connectivity index (χ3n) is 3.74. The molecule has 2 rings (SSSR count). The molecule has 1 heterocycles. The van der Waals surface area contributed by atoms with Crippen LogP contribution in [0.2, 0.25) is 0 Å². The monoisotopic (exact) mass is 318 g/mol. The predicted molar refractivity (Wildman–Crippen MR) is 80.3 cm³/mol. The van der Waals surface area contributed by atoms with Gasteiger partial charge in [-0.3, -0.25) is 4.90 Å². The molecule has 1 aliphatic heterocycles. The first-order chi connectivity index (χ1) is 9.98. The van der Waals surface area contributed by atoms with Crippen LogP contribution in [0.25, 0.3) is 0 Å². The molecule has 1 aromatic rings. The number of hydrogen-bond donors (Lipinski definition) is 1. The Morgan fingerprint density at radius 1 is 1.29 bits per heavy atom. The Morgan fingerprint density at radius 3 is 2.52 bits per heavy atom. The topological polar surface area (TPSA) is 15.3 Å². The molecule has 1 fully saturated rings. The first-order valence-electron chi connectivity index (χ1n) is 7.27. The minimum absolute atomic E-state index is 0.0615. The highest BCUT2D eigenvalue weighted by atomic mass is 32.2. The molecule has 118 valence electrons. The number of thioether (sulfide) groups is 1. The van der Waals surface area contributed by atoms with Crippen molar-refractivity contribution in [3.05, 3.63) is 29.8 Å². The highest BCUT2D eigenvalue weighted by molar-refractivity contribution is 8.00. The minimum atomic E-state index is -4.22. The van der Waals surface area contributed by atoms with Crippen molar-refractivity contribution >= 4 is 11.8 Å². The number of hydrogen-bond acceptors (Lipinski definition) is 3. The Labute approximate surface area is 128 Å². The van der Waals surface area contributed by atoms with Crippen LogP contribution in [0.1, 0.15) is 25.3 Å². The van der Waals surface area contributed by atoms with E-state index < -0.39 is 5.51 Å². The number of halogens is 3. The normalized spacial score (nSPS) is 20.0. The van der Waals surface area contributed by atoms with Crippen LogP contribution in [0.15, 0.2) is 29.2 Å². The number of alkyl halides is 3. The van der Waals surface area contributed by atoms with Crippen LogP contribution in [0, 0.1) is 0 Å². The van der Waals surface area contributed by atoms with Crippen LogP contribution in [0.5, 0.6) is 0 Å². The maximum absolute atomic E-state index is 12.3. The van der Waals surface area contributed by atoms with Gasteiger partial charge in [-0.05, 0) is 55.4 Å². The van der Waals surface area contributed by atoms with Gasteiger partial charge < -0.3 is 5.32 Å². The molecule has 6 heteroatoms. The minimum Gasteiger partial charge on any atom is -0.315 e. The average Bonchev–Trinajstić information content (AvgIpc) is 2.46. The summed E-state index contributed by atoms with van der Waals surface area (Å²) < 4.78 is 36.9. The molecule has 0 saturated carbocycles. The smallest absolute Gasteiger partial charge is 0.315 e. The fourth-order valence-electron chi connectivity index (χ4n) is 2.68. The molecule has 2 nitrogen and oxygen atoms in total. The van der Waals surface area contributed by atoms with Crippen LogP contribution in [-0.2, 0) is 6.54 Å². The van der Waals surface area contributed by atoms with Crippen LogP contribution >= 0.6 is 11.8 Å². The highest BCUT2D eigenvalue weighted by Gasteiger charge is 2.29. The summed E-state index contributed by atoms with van der Waals surface area (Å²) in [4.78, 5) is 2.63. The second-order valence-corrected chi connectivity index (χ2v) is 6.39. The summed E-state index contributed by atoms with van der Waals surface area (Å²) in [5, 5.41) is 3.40. The van der Waals surface area contributed by atoms with Crippen molar-refractivity contribution in [2.75, 3.05) is 19.6 Å². The van der Waals surface area contributed by atoms with Crippen molar-refractivity contribution in [3.63, 3.8) is 0 Å². The SMILES string of the molecule is CCN(Cc1ccc(SC(F)(F)F)cc1)C1CCCNC1. The van der Waals surface area contributed by atoms with Crippen LogP contribution in [0.3, 0.4) is 0 Å². The molecular formula is C15H21F3N2S. The van der Waals surface area contributed by atoms with Crippen molar-refractivity contribution < 1.29 is 13.2 Å². The van der Waals surface area contributed by atoms with Gasteiger partial charge in [-0.1, -0.05) is 19.1 Å². The third-order valence-corrected chi connectivity index (χ3v) is 4.48. The van der Waals surface area contributed by atoms with Gasteiger partial charge in [0, 0.05) is 24.0 Å². The van der Waals surface area contributed by atoms with Gasteiger partial charge in [0.15, 0.2) is 0 Å². The van der Waals surface area contributed by atoms with Gasteiger partial charge in [0.25, 0.3) is 0 Å². The van der Waals surface area contributed by atoms with Crippen molar-refractivity contribution in [2.45, 2.75) is 42.8 Å². The largest absolute Gasteiger partial charge is 0.446 e. The van der Waals surface area contributed by atoms with Crippen molar-refractivity contribution in [1.29, 1.82) is 0 Å². The Balaban J connectivity index is 1.94. The van der Waals surface area contributed by atoms with Gasteiger partial charge in [0.05, 0.1) is 0 Å². The number of nitrogens with one attached hydrogen (secondary N) is 1. The van der Waals surface area contributed by atoms with Crippen molar-refractivity contribution in [3.8, 4) is 0 Å². The average molecular weight is 318 g/mol. The summed E-state index contributed by atoms with van der Waals surface area (Å²) in [5.41, 5.74) is -3.15. The molecule has 0 aliphatic carbocycles. The maximum Gasteiger partial charge on any atom is 0.446 e. The Morgan fingerprint density at radius 2 is 2.00 bits per heavy atom. The molecule has 0 spiro atoms. The molecule has 21 heavy (non-hydrogen) atoms. The second kappa shape index (κ2) is 7.51. The van der Waals surface area contributed by atoms with Gasteiger partial charge in [-0.15, -0.1) is 0 Å². The number of nitrogens with zero attached hydrogens (tertiary/aromatic N) is 1. The summed E-state index contributed by atoms with van der Waals surface area (Å²) in [6.07, 6.45) is 2.37. The van der Waals surface area contributed by atoms with Gasteiger partial charge >= 0.3 is 5.51 Å². The molecule has 0 radical (unpaired) electrons. The van der Waals surface area contributed by atoms with Gasteiger partial charge in [0.2, 0.25) is 0 Å². The standard InChI is InChI=1S/C15H21F3N2S/c1-2-20(13-4-3-9-19-10-13)11-12-5-7-14(8-6-12)21-15(16,17)18/h5-8,13,19H,2-4,9-11H2,1H3. The van der Waals surface area contributed by atoms with Gasteiger partial charge in [-0.25, -0.2) is 0 Å². The first kappa shape index (κ1) is 16.6. The molecule has 1 N–H and O–H groups in total. The van der Waals surface area contributed by atoms with E-state index in [-0.39, 0.29) is 16.7 Å². The van der Waals surface area contributed by atoms with E-state index in [0.29, 0.717) is 6.04 Å². The third kappa shape index (κ3) is 5.52. The van der Waals surface area contributed by atoms with Crippen LogP contribution in [0.4, 0.5) is 13.2 Å². The highest BCUT2D eigenvalue weighted by Crippen LogP contribution is 2.36.